The summed E-state index contributed by atoms with van der Waals surface area (Å²) < 4.78 is 4.50. The molecule has 0 spiro atoms. The molecule has 0 aliphatic heterocycles. The second-order valence-electron chi connectivity index (χ2n) is 3.55. The number of aliphatic hydroxyl groups is 2. The normalized spacial score (nSPS) is 12.4. The van der Waals surface area contributed by atoms with E-state index in [0.717, 1.165) is 0 Å². The van der Waals surface area contributed by atoms with Gasteiger partial charge in [0, 0.05) is 19.3 Å². The number of hydrogen-bond acceptors (Lipinski definition) is 4. The first-order chi connectivity index (χ1) is 8.70. The first-order valence-corrected chi connectivity index (χ1v) is 5.85. The number of ether oxygens (including phenoxy) is 1. The summed E-state index contributed by atoms with van der Waals surface area (Å²) in [6.45, 7) is -0.0135. The van der Waals surface area contributed by atoms with E-state index in [4.69, 9.17) is 5.11 Å². The standard InChI is InChI=1S/C14H20O4/c1-18-14(17)11-7-3-2-5-9-13(16)10-6-4-8-12-15/h4,6,8,10,13,15-16H,3,7,9,11-12H2,1H3/b8-4-,10-6+. The van der Waals surface area contributed by atoms with Crippen molar-refractivity contribution in [1.29, 1.82) is 0 Å². The molecule has 0 aliphatic rings. The zero-order chi connectivity index (χ0) is 13.6. The molecule has 0 fully saturated rings. The number of methoxy groups -OCH3 is 1. The van der Waals surface area contributed by atoms with E-state index in [1.165, 1.54) is 7.11 Å². The lowest BCUT2D eigenvalue weighted by Gasteiger charge is -1.97. The number of esters is 1. The van der Waals surface area contributed by atoms with Crippen molar-refractivity contribution in [2.24, 2.45) is 0 Å². The van der Waals surface area contributed by atoms with Crippen molar-refractivity contribution >= 4 is 5.97 Å². The van der Waals surface area contributed by atoms with Gasteiger partial charge >= 0.3 is 5.97 Å². The van der Waals surface area contributed by atoms with Gasteiger partial charge in [-0.3, -0.25) is 4.79 Å². The van der Waals surface area contributed by atoms with Crippen molar-refractivity contribution < 1.29 is 19.7 Å². The molecule has 0 aromatic carbocycles. The van der Waals surface area contributed by atoms with Gasteiger partial charge in [-0.2, -0.15) is 0 Å². The molecule has 0 saturated heterocycles. The van der Waals surface area contributed by atoms with Crippen molar-refractivity contribution in [2.45, 2.75) is 31.8 Å². The third kappa shape index (κ3) is 10.9. The van der Waals surface area contributed by atoms with Crippen LogP contribution in [0.5, 0.6) is 0 Å². The zero-order valence-corrected chi connectivity index (χ0v) is 10.6. The Morgan fingerprint density at radius 2 is 2.17 bits per heavy atom. The van der Waals surface area contributed by atoms with Gasteiger partial charge in [0.15, 0.2) is 0 Å². The summed E-state index contributed by atoms with van der Waals surface area (Å²) in [5.41, 5.74) is 0. The van der Waals surface area contributed by atoms with Gasteiger partial charge in [0.1, 0.15) is 0 Å². The Hall–Kier alpha value is -1.57. The smallest absolute Gasteiger partial charge is 0.305 e. The lowest BCUT2D eigenvalue weighted by Crippen LogP contribution is -1.99. The second-order valence-corrected chi connectivity index (χ2v) is 3.55. The van der Waals surface area contributed by atoms with E-state index in [-0.39, 0.29) is 12.6 Å². The van der Waals surface area contributed by atoms with Crippen LogP contribution in [0.2, 0.25) is 0 Å². The third-order valence-corrected chi connectivity index (χ3v) is 2.03. The molecule has 1 unspecified atom stereocenters. The molecule has 0 heterocycles. The van der Waals surface area contributed by atoms with E-state index in [0.29, 0.717) is 25.7 Å². The number of carbonyl (C=O) groups excluding carboxylic acids is 1. The predicted octanol–water partition coefficient (Wildman–Crippen LogP) is 1.19. The van der Waals surface area contributed by atoms with E-state index >= 15 is 0 Å². The Bertz CT molecular complexity index is 333. The van der Waals surface area contributed by atoms with Crippen molar-refractivity contribution in [3.8, 4) is 11.8 Å². The summed E-state index contributed by atoms with van der Waals surface area (Å²) in [6, 6.07) is 0. The molecule has 0 radical (unpaired) electrons. The van der Waals surface area contributed by atoms with E-state index < -0.39 is 6.10 Å². The Labute approximate surface area is 108 Å². The molecule has 0 aliphatic carbocycles. The number of rotatable bonds is 7. The molecule has 18 heavy (non-hydrogen) atoms. The largest absolute Gasteiger partial charge is 0.469 e. The fourth-order valence-electron chi connectivity index (χ4n) is 1.09. The maximum atomic E-state index is 10.8. The van der Waals surface area contributed by atoms with Crippen LogP contribution >= 0.6 is 0 Å². The molecular formula is C14H20O4. The van der Waals surface area contributed by atoms with Crippen molar-refractivity contribution in [3.05, 3.63) is 24.3 Å². The van der Waals surface area contributed by atoms with E-state index in [1.54, 1.807) is 24.3 Å². The molecule has 2 N–H and O–H groups in total. The van der Waals surface area contributed by atoms with Crippen LogP contribution in [0, 0.1) is 11.8 Å². The van der Waals surface area contributed by atoms with Crippen LogP contribution in [-0.4, -0.2) is 36.0 Å². The first-order valence-electron chi connectivity index (χ1n) is 5.85. The fourth-order valence-corrected chi connectivity index (χ4v) is 1.09. The minimum Gasteiger partial charge on any atom is -0.469 e. The van der Waals surface area contributed by atoms with E-state index in [1.807, 2.05) is 0 Å². The summed E-state index contributed by atoms with van der Waals surface area (Å²) in [5, 5.41) is 17.9. The molecule has 4 nitrogen and oxygen atoms in total. The topological polar surface area (TPSA) is 66.8 Å². The molecule has 0 saturated carbocycles. The van der Waals surface area contributed by atoms with Gasteiger partial charge < -0.3 is 14.9 Å². The lowest BCUT2D eigenvalue weighted by molar-refractivity contribution is -0.140. The minimum atomic E-state index is -0.610. The van der Waals surface area contributed by atoms with Gasteiger partial charge in [-0.1, -0.05) is 24.3 Å². The highest BCUT2D eigenvalue weighted by Gasteiger charge is 1.97. The predicted molar refractivity (Wildman–Crippen MR) is 69.6 cm³/mol. The number of unbranched alkanes of at least 4 members (excludes halogenated alkanes) is 1. The molecule has 4 heteroatoms. The van der Waals surface area contributed by atoms with Crippen LogP contribution in [0.25, 0.3) is 0 Å². The maximum Gasteiger partial charge on any atom is 0.305 e. The number of aliphatic hydroxyl groups excluding tert-OH is 2. The summed E-state index contributed by atoms with van der Waals surface area (Å²) in [4.78, 5) is 10.8. The van der Waals surface area contributed by atoms with Gasteiger partial charge in [0.05, 0.1) is 19.8 Å². The van der Waals surface area contributed by atoms with Crippen LogP contribution in [-0.2, 0) is 9.53 Å². The molecule has 0 amide bonds. The maximum absolute atomic E-state index is 10.8. The second kappa shape index (κ2) is 11.9. The van der Waals surface area contributed by atoms with Crippen LogP contribution in [0.15, 0.2) is 24.3 Å². The van der Waals surface area contributed by atoms with Gasteiger partial charge in [0.25, 0.3) is 0 Å². The van der Waals surface area contributed by atoms with E-state index in [2.05, 4.69) is 16.6 Å². The Morgan fingerprint density at radius 1 is 1.39 bits per heavy atom. The number of carbonyl (C=O) groups is 1. The highest BCUT2D eigenvalue weighted by Crippen LogP contribution is 1.97. The van der Waals surface area contributed by atoms with Crippen LogP contribution in [0.1, 0.15) is 25.7 Å². The monoisotopic (exact) mass is 252 g/mol. The summed E-state index contributed by atoms with van der Waals surface area (Å²) in [5.74, 6) is 5.50. The Balaban J connectivity index is 3.66. The quantitative estimate of drug-likeness (QED) is 0.309. The van der Waals surface area contributed by atoms with Gasteiger partial charge in [-0.25, -0.2) is 0 Å². The average Bonchev–Trinajstić information content (AvgIpc) is 2.38. The number of hydrogen-bond donors (Lipinski definition) is 2. The lowest BCUT2D eigenvalue weighted by atomic mass is 10.2. The molecule has 0 aromatic rings. The van der Waals surface area contributed by atoms with E-state index in [9.17, 15) is 9.90 Å². The highest BCUT2D eigenvalue weighted by molar-refractivity contribution is 5.69. The molecule has 0 rings (SSSR count). The Morgan fingerprint density at radius 3 is 2.83 bits per heavy atom. The summed E-state index contributed by atoms with van der Waals surface area (Å²) >= 11 is 0. The van der Waals surface area contributed by atoms with Crippen molar-refractivity contribution in [3.63, 3.8) is 0 Å². The van der Waals surface area contributed by atoms with Gasteiger partial charge in [0.2, 0.25) is 0 Å². The number of allylic oxidation sites excluding steroid dienone is 2. The molecule has 1 atom stereocenters. The van der Waals surface area contributed by atoms with Crippen LogP contribution < -0.4 is 0 Å². The zero-order valence-electron chi connectivity index (χ0n) is 10.6. The van der Waals surface area contributed by atoms with Gasteiger partial charge in [-0.15, -0.1) is 11.8 Å². The van der Waals surface area contributed by atoms with Crippen molar-refractivity contribution in [2.75, 3.05) is 13.7 Å². The Kier molecular flexibility index (Phi) is 10.9. The first kappa shape index (κ1) is 16.4. The molecular weight excluding hydrogens is 232 g/mol. The van der Waals surface area contributed by atoms with Gasteiger partial charge in [-0.05, 0) is 6.42 Å². The summed E-state index contributed by atoms with van der Waals surface area (Å²) in [6.07, 6.45) is 7.92. The minimum absolute atomic E-state index is 0.0135. The molecule has 0 aromatic heterocycles. The third-order valence-electron chi connectivity index (χ3n) is 2.03. The highest BCUT2D eigenvalue weighted by atomic mass is 16.5. The fraction of sp³-hybridized carbons (Fsp3) is 0.500. The average molecular weight is 252 g/mol. The molecule has 0 bridgehead atoms. The SMILES string of the molecule is COC(=O)CCCC#CCC(O)/C=C/C=C\CO. The van der Waals surface area contributed by atoms with Crippen molar-refractivity contribution in [1.82, 2.24) is 0 Å². The molecule has 100 valence electrons. The van der Waals surface area contributed by atoms with Crippen LogP contribution in [0.4, 0.5) is 0 Å². The summed E-state index contributed by atoms with van der Waals surface area (Å²) in [7, 11) is 1.36. The van der Waals surface area contributed by atoms with Crippen LogP contribution in [0.3, 0.4) is 0 Å².